The van der Waals surface area contributed by atoms with Gasteiger partial charge in [0, 0.05) is 18.0 Å². The molecule has 0 radical (unpaired) electrons. The molecule has 0 spiro atoms. The molecule has 1 aromatic carbocycles. The number of rotatable bonds is 5. The molecule has 2 atom stereocenters. The number of aromatic nitrogens is 2. The summed E-state index contributed by atoms with van der Waals surface area (Å²) in [6, 6.07) is 7.20. The lowest BCUT2D eigenvalue weighted by molar-refractivity contribution is -0.895. The molecule has 0 fully saturated rings. The molecule has 1 aliphatic heterocycles. The monoisotopic (exact) mass is 419 g/mol. The fourth-order valence-corrected chi connectivity index (χ4v) is 5.09. The SMILES string of the molecule is CC[C@H](O)CNc1nc2sc3c(c2c(=O)n1-c1cccc(Cl)c1)CC[NH+](C)C3. The normalized spacial score (nSPS) is 17.5. The molecule has 148 valence electrons. The van der Waals surface area contributed by atoms with E-state index in [2.05, 4.69) is 12.4 Å². The predicted octanol–water partition coefficient (Wildman–Crippen LogP) is 1.85. The Morgan fingerprint density at radius 2 is 2.29 bits per heavy atom. The summed E-state index contributed by atoms with van der Waals surface area (Å²) in [4.78, 5) is 21.8. The van der Waals surface area contributed by atoms with Crippen LogP contribution in [-0.2, 0) is 13.0 Å². The van der Waals surface area contributed by atoms with Gasteiger partial charge in [-0.15, -0.1) is 11.3 Å². The topological polar surface area (TPSA) is 71.6 Å². The van der Waals surface area contributed by atoms with Crippen molar-refractivity contribution in [3.8, 4) is 5.69 Å². The van der Waals surface area contributed by atoms with E-state index in [1.54, 1.807) is 28.0 Å². The number of hydrogen-bond acceptors (Lipinski definition) is 5. The number of anilines is 1. The summed E-state index contributed by atoms with van der Waals surface area (Å²) in [5.74, 6) is 0.437. The first-order valence-electron chi connectivity index (χ1n) is 9.54. The van der Waals surface area contributed by atoms with Crippen molar-refractivity contribution in [1.82, 2.24) is 9.55 Å². The first kappa shape index (κ1) is 19.4. The van der Waals surface area contributed by atoms with Gasteiger partial charge in [0.05, 0.1) is 35.6 Å². The van der Waals surface area contributed by atoms with Crippen LogP contribution < -0.4 is 15.8 Å². The molecule has 6 nitrogen and oxygen atoms in total. The number of nitrogens with one attached hydrogen (secondary N) is 2. The Bertz CT molecular complexity index is 1080. The van der Waals surface area contributed by atoms with Gasteiger partial charge in [0.25, 0.3) is 5.56 Å². The average Bonchev–Trinajstić information content (AvgIpc) is 3.03. The van der Waals surface area contributed by atoms with E-state index >= 15 is 0 Å². The zero-order valence-corrected chi connectivity index (χ0v) is 17.5. The van der Waals surface area contributed by atoms with Crippen LogP contribution in [0.1, 0.15) is 23.8 Å². The molecule has 3 aromatic rings. The molecular weight excluding hydrogens is 396 g/mol. The quantitative estimate of drug-likeness (QED) is 0.590. The zero-order valence-electron chi connectivity index (χ0n) is 16.0. The van der Waals surface area contributed by atoms with E-state index in [9.17, 15) is 9.90 Å². The number of halogens is 1. The van der Waals surface area contributed by atoms with Gasteiger partial charge in [0.2, 0.25) is 5.95 Å². The van der Waals surface area contributed by atoms with Crippen LogP contribution in [0.15, 0.2) is 29.1 Å². The molecule has 28 heavy (non-hydrogen) atoms. The van der Waals surface area contributed by atoms with E-state index in [1.807, 2.05) is 19.1 Å². The Morgan fingerprint density at radius 1 is 1.46 bits per heavy atom. The van der Waals surface area contributed by atoms with Crippen molar-refractivity contribution in [3.63, 3.8) is 0 Å². The lowest BCUT2D eigenvalue weighted by atomic mass is 10.1. The fraction of sp³-hybridized carbons (Fsp3) is 0.400. The van der Waals surface area contributed by atoms with E-state index < -0.39 is 6.10 Å². The van der Waals surface area contributed by atoms with Gasteiger partial charge in [0.15, 0.2) is 0 Å². The van der Waals surface area contributed by atoms with Crippen LogP contribution in [0.5, 0.6) is 0 Å². The van der Waals surface area contributed by atoms with Gasteiger partial charge in [0.1, 0.15) is 11.4 Å². The number of aliphatic hydroxyl groups is 1. The number of fused-ring (bicyclic) bond motifs is 3. The largest absolute Gasteiger partial charge is 0.391 e. The lowest BCUT2D eigenvalue weighted by Crippen LogP contribution is -3.08. The van der Waals surface area contributed by atoms with Crippen molar-refractivity contribution < 1.29 is 10.0 Å². The molecule has 3 heterocycles. The molecule has 0 saturated heterocycles. The average molecular weight is 420 g/mol. The van der Waals surface area contributed by atoms with Gasteiger partial charge in [-0.2, -0.15) is 0 Å². The number of likely N-dealkylation sites (N-methyl/N-ethyl adjacent to an activating group) is 1. The third kappa shape index (κ3) is 3.55. The van der Waals surface area contributed by atoms with Crippen molar-refractivity contribution in [1.29, 1.82) is 0 Å². The summed E-state index contributed by atoms with van der Waals surface area (Å²) in [6.45, 7) is 4.18. The van der Waals surface area contributed by atoms with Crippen molar-refractivity contribution in [2.45, 2.75) is 32.4 Å². The maximum Gasteiger partial charge on any atom is 0.268 e. The Hall–Kier alpha value is -1.93. The minimum absolute atomic E-state index is 0.0854. The maximum atomic E-state index is 13.6. The van der Waals surface area contributed by atoms with Gasteiger partial charge in [-0.05, 0) is 30.2 Å². The highest BCUT2D eigenvalue weighted by Crippen LogP contribution is 2.31. The van der Waals surface area contributed by atoms with E-state index in [0.29, 0.717) is 35.0 Å². The third-order valence-electron chi connectivity index (χ3n) is 5.21. The zero-order chi connectivity index (χ0) is 19.8. The third-order valence-corrected chi connectivity index (χ3v) is 6.57. The summed E-state index contributed by atoms with van der Waals surface area (Å²) in [7, 11) is 2.17. The highest BCUT2D eigenvalue weighted by molar-refractivity contribution is 7.18. The summed E-state index contributed by atoms with van der Waals surface area (Å²) in [6.07, 6.45) is 1.00. The van der Waals surface area contributed by atoms with Crippen molar-refractivity contribution >= 4 is 39.1 Å². The number of aliphatic hydroxyl groups excluding tert-OH is 1. The van der Waals surface area contributed by atoms with Crippen LogP contribution in [-0.4, -0.2) is 40.9 Å². The summed E-state index contributed by atoms with van der Waals surface area (Å²) < 4.78 is 1.58. The Balaban J connectivity index is 1.92. The van der Waals surface area contributed by atoms with Crippen LogP contribution >= 0.6 is 22.9 Å². The first-order valence-corrected chi connectivity index (χ1v) is 10.7. The Labute approximate surface area is 172 Å². The molecule has 3 N–H and O–H groups in total. The van der Waals surface area contributed by atoms with Crippen LogP contribution in [0, 0.1) is 0 Å². The molecule has 0 bridgehead atoms. The van der Waals surface area contributed by atoms with E-state index in [4.69, 9.17) is 16.6 Å². The Kier molecular flexibility index (Phi) is 5.42. The minimum atomic E-state index is -0.505. The van der Waals surface area contributed by atoms with Crippen LogP contribution in [0.3, 0.4) is 0 Å². The second-order valence-corrected chi connectivity index (χ2v) is 8.84. The molecule has 4 rings (SSSR count). The van der Waals surface area contributed by atoms with Crippen molar-refractivity contribution in [2.75, 3.05) is 25.5 Å². The number of quaternary nitrogens is 1. The van der Waals surface area contributed by atoms with Gasteiger partial charge in [-0.3, -0.25) is 4.79 Å². The highest BCUT2D eigenvalue weighted by Gasteiger charge is 2.26. The van der Waals surface area contributed by atoms with E-state index in [1.165, 1.54) is 9.78 Å². The molecule has 0 amide bonds. The Morgan fingerprint density at radius 3 is 3.04 bits per heavy atom. The fourth-order valence-electron chi connectivity index (χ4n) is 3.59. The molecule has 1 unspecified atom stereocenters. The summed E-state index contributed by atoms with van der Waals surface area (Å²) in [5.41, 5.74) is 1.72. The smallest absolute Gasteiger partial charge is 0.268 e. The summed E-state index contributed by atoms with van der Waals surface area (Å²) in [5, 5.41) is 14.4. The van der Waals surface area contributed by atoms with Gasteiger partial charge >= 0.3 is 0 Å². The maximum absolute atomic E-state index is 13.6. The standard InChI is InChI=1S/C20H23ClN4O2S/c1-3-14(26)10-22-20-23-18-17(15-7-8-24(2)11-16(15)28-18)19(27)25(20)13-6-4-5-12(21)9-13/h4-6,9,14,26H,3,7-8,10-11H2,1-2H3,(H,22,23)/p+1/t14-/m0/s1. The molecule has 0 aliphatic carbocycles. The van der Waals surface area contributed by atoms with E-state index in [0.717, 1.165) is 29.9 Å². The molecule has 0 saturated carbocycles. The number of hydrogen-bond donors (Lipinski definition) is 3. The molecule has 2 aromatic heterocycles. The first-order chi connectivity index (χ1) is 13.5. The lowest BCUT2D eigenvalue weighted by Gasteiger charge is -2.19. The van der Waals surface area contributed by atoms with Crippen LogP contribution in [0.25, 0.3) is 15.9 Å². The molecule has 8 heteroatoms. The number of nitrogens with zero attached hydrogens (tertiary/aromatic N) is 2. The van der Waals surface area contributed by atoms with E-state index in [-0.39, 0.29) is 5.56 Å². The minimum Gasteiger partial charge on any atom is -0.391 e. The van der Waals surface area contributed by atoms with Crippen LogP contribution in [0.4, 0.5) is 5.95 Å². The summed E-state index contributed by atoms with van der Waals surface area (Å²) >= 11 is 7.79. The number of benzene rings is 1. The number of thiophene rings is 1. The van der Waals surface area contributed by atoms with Gasteiger partial charge < -0.3 is 15.3 Å². The van der Waals surface area contributed by atoms with Crippen LogP contribution in [0.2, 0.25) is 5.02 Å². The van der Waals surface area contributed by atoms with Crippen molar-refractivity contribution in [2.24, 2.45) is 0 Å². The predicted molar refractivity (Wildman–Crippen MR) is 114 cm³/mol. The highest BCUT2D eigenvalue weighted by atomic mass is 35.5. The van der Waals surface area contributed by atoms with Gasteiger partial charge in [-0.1, -0.05) is 24.6 Å². The molecular formula is C20H24ClN4O2S+. The van der Waals surface area contributed by atoms with Crippen molar-refractivity contribution in [3.05, 3.63) is 50.1 Å². The second-order valence-electron chi connectivity index (χ2n) is 7.32. The molecule has 1 aliphatic rings. The van der Waals surface area contributed by atoms with Gasteiger partial charge in [-0.25, -0.2) is 9.55 Å². The second kappa shape index (κ2) is 7.83.